The van der Waals surface area contributed by atoms with Crippen LogP contribution in [0.3, 0.4) is 0 Å². The normalized spacial score (nSPS) is 11.1. The highest BCUT2D eigenvalue weighted by atomic mass is 16.3. The first-order valence-corrected chi connectivity index (χ1v) is 6.05. The van der Waals surface area contributed by atoms with Crippen LogP contribution in [0.15, 0.2) is 0 Å². The first-order chi connectivity index (χ1) is 7.63. The zero-order valence-corrected chi connectivity index (χ0v) is 10.7. The van der Waals surface area contributed by atoms with Gasteiger partial charge in [-0.3, -0.25) is 0 Å². The van der Waals surface area contributed by atoms with Crippen LogP contribution < -0.4 is 5.32 Å². The van der Waals surface area contributed by atoms with Crippen LogP contribution in [0.4, 0.5) is 5.82 Å². The summed E-state index contributed by atoms with van der Waals surface area (Å²) in [5.74, 6) is 1.06. The zero-order valence-electron chi connectivity index (χ0n) is 10.7. The van der Waals surface area contributed by atoms with Gasteiger partial charge in [0.1, 0.15) is 5.82 Å². The molecule has 0 radical (unpaired) electrons. The van der Waals surface area contributed by atoms with Crippen molar-refractivity contribution in [3.63, 3.8) is 0 Å². The molecule has 0 atom stereocenters. The Balaban J connectivity index is 2.91. The summed E-state index contributed by atoms with van der Waals surface area (Å²) in [6.07, 6.45) is 2.19. The van der Waals surface area contributed by atoms with Crippen LogP contribution in [0.2, 0.25) is 0 Å². The van der Waals surface area contributed by atoms with Crippen LogP contribution in [0, 0.1) is 13.8 Å². The molecule has 0 spiro atoms. The fourth-order valence-electron chi connectivity index (χ4n) is 1.80. The lowest BCUT2D eigenvalue weighted by Gasteiger charge is -2.18. The van der Waals surface area contributed by atoms with Gasteiger partial charge in [0.05, 0.1) is 18.8 Å². The van der Waals surface area contributed by atoms with Gasteiger partial charge in [-0.25, -0.2) is 4.68 Å². The van der Waals surface area contributed by atoms with E-state index in [1.165, 1.54) is 5.56 Å². The Kier molecular flexibility index (Phi) is 4.80. The number of aliphatic hydroxyl groups is 1. The highest BCUT2D eigenvalue weighted by Crippen LogP contribution is 2.20. The van der Waals surface area contributed by atoms with Crippen LogP contribution >= 0.6 is 0 Å². The van der Waals surface area contributed by atoms with Gasteiger partial charge in [-0.15, -0.1) is 0 Å². The van der Waals surface area contributed by atoms with E-state index in [1.54, 1.807) is 0 Å². The first-order valence-electron chi connectivity index (χ1n) is 6.05. The molecule has 0 aliphatic carbocycles. The van der Waals surface area contributed by atoms with Crippen molar-refractivity contribution < 1.29 is 5.11 Å². The second-order valence-electron chi connectivity index (χ2n) is 4.16. The molecular weight excluding hydrogens is 202 g/mol. The summed E-state index contributed by atoms with van der Waals surface area (Å²) in [4.78, 5) is 0. The topological polar surface area (TPSA) is 50.1 Å². The first kappa shape index (κ1) is 13.0. The largest absolute Gasteiger partial charge is 0.394 e. The van der Waals surface area contributed by atoms with Crippen molar-refractivity contribution in [3.8, 4) is 0 Å². The van der Waals surface area contributed by atoms with Crippen LogP contribution in [-0.2, 0) is 6.54 Å². The van der Waals surface area contributed by atoms with Gasteiger partial charge in [0.25, 0.3) is 0 Å². The van der Waals surface area contributed by atoms with Crippen LogP contribution in [-0.4, -0.2) is 27.5 Å². The number of nitrogens with one attached hydrogen (secondary N) is 1. The van der Waals surface area contributed by atoms with E-state index in [2.05, 4.69) is 31.2 Å². The summed E-state index contributed by atoms with van der Waals surface area (Å²) in [7, 11) is 0. The predicted molar refractivity (Wildman–Crippen MR) is 66.8 cm³/mol. The minimum atomic E-state index is 0.123. The Labute approximate surface area is 97.7 Å². The maximum absolute atomic E-state index is 9.00. The summed E-state index contributed by atoms with van der Waals surface area (Å²) in [5, 5.41) is 16.9. The number of aromatic nitrogens is 2. The van der Waals surface area contributed by atoms with E-state index in [0.717, 1.165) is 24.4 Å². The van der Waals surface area contributed by atoms with Crippen molar-refractivity contribution in [2.75, 3.05) is 11.9 Å². The van der Waals surface area contributed by atoms with Crippen molar-refractivity contribution in [1.82, 2.24) is 9.78 Å². The van der Waals surface area contributed by atoms with Crippen molar-refractivity contribution in [2.24, 2.45) is 0 Å². The smallest absolute Gasteiger partial charge is 0.127 e. The summed E-state index contributed by atoms with van der Waals surface area (Å²) in [6.45, 7) is 9.10. The highest BCUT2D eigenvalue weighted by molar-refractivity contribution is 5.47. The molecular formula is C12H23N3O. The van der Waals surface area contributed by atoms with Gasteiger partial charge in [-0.05, 0) is 26.7 Å². The minimum absolute atomic E-state index is 0.123. The highest BCUT2D eigenvalue weighted by Gasteiger charge is 2.13. The maximum atomic E-state index is 9.00. The van der Waals surface area contributed by atoms with Gasteiger partial charge in [-0.2, -0.15) is 5.10 Å². The fraction of sp³-hybridized carbons (Fsp3) is 0.750. The third-order valence-electron chi connectivity index (χ3n) is 3.06. The zero-order chi connectivity index (χ0) is 12.1. The maximum Gasteiger partial charge on any atom is 0.127 e. The van der Waals surface area contributed by atoms with Crippen molar-refractivity contribution in [2.45, 2.75) is 53.1 Å². The van der Waals surface area contributed by atoms with Crippen molar-refractivity contribution in [1.29, 1.82) is 0 Å². The molecule has 0 bridgehead atoms. The van der Waals surface area contributed by atoms with E-state index in [4.69, 9.17) is 5.11 Å². The molecule has 4 nitrogen and oxygen atoms in total. The predicted octanol–water partition coefficient (Wildman–Crippen LogP) is 2.09. The molecule has 0 aromatic carbocycles. The molecule has 0 unspecified atom stereocenters. The number of hydrogen-bond acceptors (Lipinski definition) is 3. The lowest BCUT2D eigenvalue weighted by Crippen LogP contribution is -2.21. The molecule has 0 aliphatic rings. The number of nitrogens with zero attached hydrogens (tertiary/aromatic N) is 2. The van der Waals surface area contributed by atoms with Gasteiger partial charge in [0.2, 0.25) is 0 Å². The average Bonchev–Trinajstić information content (AvgIpc) is 2.53. The van der Waals surface area contributed by atoms with E-state index in [1.807, 2.05) is 11.6 Å². The Morgan fingerprint density at radius 3 is 2.44 bits per heavy atom. The van der Waals surface area contributed by atoms with Gasteiger partial charge in [0, 0.05) is 11.6 Å². The lowest BCUT2D eigenvalue weighted by molar-refractivity contribution is 0.270. The molecule has 0 amide bonds. The molecule has 0 saturated heterocycles. The monoisotopic (exact) mass is 225 g/mol. The van der Waals surface area contributed by atoms with E-state index in [9.17, 15) is 0 Å². The van der Waals surface area contributed by atoms with Crippen LogP contribution in [0.1, 0.15) is 37.9 Å². The Hall–Kier alpha value is -1.03. The standard InChI is InChI=1S/C12H23N3O/c1-5-11(6-2)13-12-9(3)10(4)14-15(12)7-8-16/h11,13,16H,5-8H2,1-4H3. The lowest BCUT2D eigenvalue weighted by atomic mass is 10.1. The summed E-state index contributed by atoms with van der Waals surface area (Å²) < 4.78 is 1.86. The molecule has 0 saturated carbocycles. The SMILES string of the molecule is CCC(CC)Nc1c(C)c(C)nn1CCO. The van der Waals surface area contributed by atoms with E-state index >= 15 is 0 Å². The molecule has 1 heterocycles. The van der Waals surface area contributed by atoms with Gasteiger partial charge in [-0.1, -0.05) is 13.8 Å². The number of rotatable bonds is 6. The Morgan fingerprint density at radius 2 is 1.94 bits per heavy atom. The summed E-state index contributed by atoms with van der Waals surface area (Å²) in [6, 6.07) is 0.479. The van der Waals surface area contributed by atoms with Gasteiger partial charge < -0.3 is 10.4 Å². The molecule has 2 N–H and O–H groups in total. The molecule has 4 heteroatoms. The quantitative estimate of drug-likeness (QED) is 0.779. The fourth-order valence-corrected chi connectivity index (χ4v) is 1.80. The molecule has 0 aliphatic heterocycles. The van der Waals surface area contributed by atoms with E-state index in [0.29, 0.717) is 12.6 Å². The van der Waals surface area contributed by atoms with Gasteiger partial charge in [0.15, 0.2) is 0 Å². The second kappa shape index (κ2) is 5.89. The molecule has 1 aromatic heterocycles. The van der Waals surface area contributed by atoms with Gasteiger partial charge >= 0.3 is 0 Å². The van der Waals surface area contributed by atoms with Crippen LogP contribution in [0.5, 0.6) is 0 Å². The third kappa shape index (κ3) is 2.76. The molecule has 1 rings (SSSR count). The Morgan fingerprint density at radius 1 is 1.31 bits per heavy atom. The summed E-state index contributed by atoms with van der Waals surface area (Å²) >= 11 is 0. The minimum Gasteiger partial charge on any atom is -0.394 e. The van der Waals surface area contributed by atoms with Crippen molar-refractivity contribution in [3.05, 3.63) is 11.3 Å². The van der Waals surface area contributed by atoms with Crippen molar-refractivity contribution >= 4 is 5.82 Å². The molecule has 16 heavy (non-hydrogen) atoms. The number of hydrogen-bond donors (Lipinski definition) is 2. The molecule has 0 fully saturated rings. The molecule has 92 valence electrons. The van der Waals surface area contributed by atoms with E-state index in [-0.39, 0.29) is 6.61 Å². The second-order valence-corrected chi connectivity index (χ2v) is 4.16. The molecule has 1 aromatic rings. The third-order valence-corrected chi connectivity index (χ3v) is 3.06. The number of aryl methyl sites for hydroxylation is 1. The average molecular weight is 225 g/mol. The Bertz CT molecular complexity index is 329. The number of aliphatic hydroxyl groups excluding tert-OH is 1. The van der Waals surface area contributed by atoms with Crippen LogP contribution in [0.25, 0.3) is 0 Å². The number of anilines is 1. The van der Waals surface area contributed by atoms with E-state index < -0.39 is 0 Å². The summed E-state index contributed by atoms with van der Waals surface area (Å²) in [5.41, 5.74) is 2.21.